The van der Waals surface area contributed by atoms with Gasteiger partial charge in [-0.1, -0.05) is 0 Å². The second-order valence-electron chi connectivity index (χ2n) is 7.73. The fourth-order valence-corrected chi connectivity index (χ4v) is 3.26. The Morgan fingerprint density at radius 1 is 1.11 bits per heavy atom. The first kappa shape index (κ1) is 18.2. The van der Waals surface area contributed by atoms with Crippen molar-refractivity contribution < 1.29 is 4.74 Å². The molecule has 0 amide bonds. The molecule has 10 heteroatoms. The highest BCUT2D eigenvalue weighted by Gasteiger charge is 2.24. The van der Waals surface area contributed by atoms with Crippen molar-refractivity contribution in [1.29, 1.82) is 0 Å². The van der Waals surface area contributed by atoms with Crippen LogP contribution in [0.25, 0.3) is 11.0 Å². The minimum absolute atomic E-state index is 0.172. The number of aromatic nitrogens is 6. The normalized spacial score (nSPS) is 15.3. The Hall–Kier alpha value is -3.17. The molecule has 1 N–H and O–H groups in total. The lowest BCUT2D eigenvalue weighted by Crippen LogP contribution is -2.48. The molecule has 0 bridgehead atoms. The van der Waals surface area contributed by atoms with Crippen LogP contribution in [0.15, 0.2) is 23.3 Å². The third-order valence-electron chi connectivity index (χ3n) is 4.75. The van der Waals surface area contributed by atoms with Crippen LogP contribution in [0.1, 0.15) is 20.8 Å². The second kappa shape index (κ2) is 6.77. The molecule has 1 saturated heterocycles. The maximum Gasteiger partial charge on any atom is 0.263 e. The van der Waals surface area contributed by atoms with E-state index in [0.29, 0.717) is 55.0 Å². The summed E-state index contributed by atoms with van der Waals surface area (Å²) in [5.41, 5.74) is 0.168. The zero-order valence-corrected chi connectivity index (χ0v) is 16.5. The predicted molar refractivity (Wildman–Crippen MR) is 106 cm³/mol. The van der Waals surface area contributed by atoms with Gasteiger partial charge in [0.05, 0.1) is 18.8 Å². The van der Waals surface area contributed by atoms with E-state index < -0.39 is 0 Å². The largest absolute Gasteiger partial charge is 0.481 e. The van der Waals surface area contributed by atoms with Crippen molar-refractivity contribution in [3.63, 3.8) is 0 Å². The number of anilines is 2. The molecule has 0 spiro atoms. The summed E-state index contributed by atoms with van der Waals surface area (Å²) in [5.74, 6) is 1.75. The summed E-state index contributed by atoms with van der Waals surface area (Å²) in [6.07, 6.45) is 3.27. The molecule has 0 saturated carbocycles. The van der Waals surface area contributed by atoms with Crippen LogP contribution in [0.2, 0.25) is 0 Å². The molecule has 0 unspecified atom stereocenters. The fraction of sp³-hybridized carbons (Fsp3) is 0.500. The first-order valence-electron chi connectivity index (χ1n) is 9.22. The molecular formula is C18H24N8O2. The van der Waals surface area contributed by atoms with Crippen molar-refractivity contribution in [3.8, 4) is 5.88 Å². The van der Waals surface area contributed by atoms with Crippen LogP contribution in [0.3, 0.4) is 0 Å². The Balaban J connectivity index is 1.57. The van der Waals surface area contributed by atoms with Crippen LogP contribution in [0.5, 0.6) is 5.88 Å². The van der Waals surface area contributed by atoms with Gasteiger partial charge in [-0.15, -0.1) is 0 Å². The number of ether oxygens (including phenoxy) is 1. The number of hydrogen-bond acceptors (Lipinski definition) is 8. The second-order valence-corrected chi connectivity index (χ2v) is 7.73. The molecule has 3 aromatic rings. The van der Waals surface area contributed by atoms with Gasteiger partial charge < -0.3 is 14.5 Å². The van der Waals surface area contributed by atoms with Gasteiger partial charge in [0.1, 0.15) is 5.39 Å². The average Bonchev–Trinajstić information content (AvgIpc) is 3.13. The van der Waals surface area contributed by atoms with Crippen LogP contribution in [-0.2, 0) is 5.54 Å². The lowest BCUT2D eigenvalue weighted by atomic mass is 10.1. The van der Waals surface area contributed by atoms with E-state index in [-0.39, 0.29) is 11.1 Å². The van der Waals surface area contributed by atoms with E-state index in [9.17, 15) is 4.79 Å². The van der Waals surface area contributed by atoms with Crippen LogP contribution < -0.4 is 20.1 Å². The molecule has 28 heavy (non-hydrogen) atoms. The molecule has 1 fully saturated rings. The lowest BCUT2D eigenvalue weighted by molar-refractivity contribution is 0.366. The van der Waals surface area contributed by atoms with E-state index in [1.807, 2.05) is 20.8 Å². The molecule has 0 atom stereocenters. The standard InChI is InChI=1S/C18H24N8O2/c1-18(2,3)26-14-12(11-20-26)15(27)23-17(22-14)25-9-7-24(8-10-25)16-19-6-5-13(21-16)28-4/h5-6,11H,7-10H2,1-4H3,(H,22,23,27). The van der Waals surface area contributed by atoms with Gasteiger partial charge in [0.25, 0.3) is 5.56 Å². The summed E-state index contributed by atoms with van der Waals surface area (Å²) in [6.45, 7) is 8.93. The summed E-state index contributed by atoms with van der Waals surface area (Å²) < 4.78 is 6.97. The number of fused-ring (bicyclic) bond motifs is 1. The van der Waals surface area contributed by atoms with Gasteiger partial charge in [0, 0.05) is 38.4 Å². The molecular weight excluding hydrogens is 360 g/mol. The number of rotatable bonds is 3. The number of piperazine rings is 1. The summed E-state index contributed by atoms with van der Waals surface area (Å²) in [6, 6.07) is 1.72. The highest BCUT2D eigenvalue weighted by molar-refractivity contribution is 5.74. The van der Waals surface area contributed by atoms with E-state index in [4.69, 9.17) is 9.72 Å². The van der Waals surface area contributed by atoms with E-state index >= 15 is 0 Å². The minimum Gasteiger partial charge on any atom is -0.481 e. The molecule has 4 heterocycles. The van der Waals surface area contributed by atoms with E-state index in [2.05, 4.69) is 29.9 Å². The third kappa shape index (κ3) is 3.25. The van der Waals surface area contributed by atoms with Crippen molar-refractivity contribution >= 4 is 22.9 Å². The van der Waals surface area contributed by atoms with Gasteiger partial charge in [0.15, 0.2) is 5.65 Å². The Labute approximate surface area is 162 Å². The molecule has 1 aliphatic heterocycles. The first-order valence-corrected chi connectivity index (χ1v) is 9.22. The number of H-pyrrole nitrogens is 1. The molecule has 4 rings (SSSR count). The van der Waals surface area contributed by atoms with Crippen molar-refractivity contribution in [2.75, 3.05) is 43.1 Å². The van der Waals surface area contributed by atoms with Crippen molar-refractivity contribution in [2.24, 2.45) is 0 Å². The maximum absolute atomic E-state index is 12.5. The van der Waals surface area contributed by atoms with Crippen LogP contribution in [-0.4, -0.2) is 63.0 Å². The molecule has 148 valence electrons. The van der Waals surface area contributed by atoms with E-state index in [1.54, 1.807) is 30.3 Å². The Bertz CT molecular complexity index is 1040. The smallest absolute Gasteiger partial charge is 0.263 e. The molecule has 10 nitrogen and oxygen atoms in total. The number of nitrogens with zero attached hydrogens (tertiary/aromatic N) is 7. The number of hydrogen-bond donors (Lipinski definition) is 1. The third-order valence-corrected chi connectivity index (χ3v) is 4.75. The van der Waals surface area contributed by atoms with E-state index in [0.717, 1.165) is 0 Å². The van der Waals surface area contributed by atoms with Crippen molar-refractivity contribution in [2.45, 2.75) is 26.3 Å². The first-order chi connectivity index (χ1) is 13.4. The maximum atomic E-state index is 12.5. The van der Waals surface area contributed by atoms with Gasteiger partial charge in [0.2, 0.25) is 17.8 Å². The van der Waals surface area contributed by atoms with Crippen LogP contribution in [0, 0.1) is 0 Å². The van der Waals surface area contributed by atoms with Crippen LogP contribution in [0.4, 0.5) is 11.9 Å². The topological polar surface area (TPSA) is 105 Å². The lowest BCUT2D eigenvalue weighted by Gasteiger charge is -2.35. The highest BCUT2D eigenvalue weighted by Crippen LogP contribution is 2.21. The van der Waals surface area contributed by atoms with Crippen molar-refractivity contribution in [3.05, 3.63) is 28.8 Å². The molecule has 0 aromatic carbocycles. The summed E-state index contributed by atoms with van der Waals surface area (Å²) in [5, 5.41) is 4.86. The van der Waals surface area contributed by atoms with E-state index in [1.165, 1.54) is 0 Å². The fourth-order valence-electron chi connectivity index (χ4n) is 3.26. The van der Waals surface area contributed by atoms with Gasteiger partial charge in [-0.3, -0.25) is 9.78 Å². The predicted octanol–water partition coefficient (Wildman–Crippen LogP) is 1.000. The van der Waals surface area contributed by atoms with Gasteiger partial charge in [-0.25, -0.2) is 9.67 Å². The van der Waals surface area contributed by atoms with Gasteiger partial charge >= 0.3 is 0 Å². The Morgan fingerprint density at radius 3 is 2.50 bits per heavy atom. The van der Waals surface area contributed by atoms with Crippen LogP contribution >= 0.6 is 0 Å². The number of nitrogens with one attached hydrogen (secondary N) is 1. The Morgan fingerprint density at radius 2 is 1.82 bits per heavy atom. The monoisotopic (exact) mass is 384 g/mol. The Kier molecular flexibility index (Phi) is 4.40. The summed E-state index contributed by atoms with van der Waals surface area (Å²) in [4.78, 5) is 33.0. The molecule has 0 aliphatic carbocycles. The minimum atomic E-state index is -0.262. The average molecular weight is 384 g/mol. The highest BCUT2D eigenvalue weighted by atomic mass is 16.5. The van der Waals surface area contributed by atoms with Crippen molar-refractivity contribution in [1.82, 2.24) is 29.7 Å². The molecule has 3 aromatic heterocycles. The molecule has 1 aliphatic rings. The summed E-state index contributed by atoms with van der Waals surface area (Å²) >= 11 is 0. The molecule has 0 radical (unpaired) electrons. The SMILES string of the molecule is COc1ccnc(N2CCN(c3nc4c(cnn4C(C)(C)C)c(=O)[nH]3)CC2)n1. The van der Waals surface area contributed by atoms with Gasteiger partial charge in [-0.2, -0.15) is 15.1 Å². The zero-order valence-electron chi connectivity index (χ0n) is 16.5. The summed E-state index contributed by atoms with van der Waals surface area (Å²) in [7, 11) is 1.59. The number of aromatic amines is 1. The quantitative estimate of drug-likeness (QED) is 0.713. The zero-order chi connectivity index (χ0) is 19.9. The van der Waals surface area contributed by atoms with Gasteiger partial charge in [-0.05, 0) is 20.8 Å². The number of methoxy groups -OCH3 is 1.